The fraction of sp³-hybridized carbons (Fsp3) is 0.273. The van der Waals surface area contributed by atoms with Gasteiger partial charge in [0.05, 0.1) is 6.42 Å². The second-order valence-corrected chi connectivity index (χ2v) is 7.28. The fourth-order valence-corrected chi connectivity index (χ4v) is 3.85. The van der Waals surface area contributed by atoms with Crippen LogP contribution in [0.3, 0.4) is 0 Å². The maximum absolute atomic E-state index is 12.8. The summed E-state index contributed by atoms with van der Waals surface area (Å²) in [5.41, 5.74) is 3.15. The molecule has 4 amide bonds. The van der Waals surface area contributed by atoms with Crippen LogP contribution in [0.25, 0.3) is 0 Å². The summed E-state index contributed by atoms with van der Waals surface area (Å²) in [4.78, 5) is 50.2. The topological polar surface area (TPSA) is 95.6 Å². The van der Waals surface area contributed by atoms with Crippen molar-refractivity contribution in [1.29, 1.82) is 0 Å². The third kappa shape index (κ3) is 3.89. The van der Waals surface area contributed by atoms with E-state index in [4.69, 9.17) is 0 Å². The highest BCUT2D eigenvalue weighted by molar-refractivity contribution is 6.05. The Morgan fingerprint density at radius 3 is 2.62 bits per heavy atom. The van der Waals surface area contributed by atoms with E-state index in [1.54, 1.807) is 12.1 Å². The van der Waals surface area contributed by atoms with Crippen molar-refractivity contribution in [1.82, 2.24) is 15.5 Å². The molecule has 0 aliphatic carbocycles. The first-order chi connectivity index (χ1) is 14.0. The van der Waals surface area contributed by atoms with Crippen LogP contribution in [0.4, 0.5) is 0 Å². The number of carbonyl (C=O) groups excluding carboxylic acids is 4. The molecule has 0 radical (unpaired) electrons. The van der Waals surface area contributed by atoms with E-state index < -0.39 is 11.9 Å². The van der Waals surface area contributed by atoms with Crippen molar-refractivity contribution in [3.05, 3.63) is 70.8 Å². The summed E-state index contributed by atoms with van der Waals surface area (Å²) < 4.78 is 0. The lowest BCUT2D eigenvalue weighted by atomic mass is 10.0. The van der Waals surface area contributed by atoms with Crippen molar-refractivity contribution in [2.75, 3.05) is 0 Å². The molecule has 2 aliphatic heterocycles. The highest BCUT2D eigenvalue weighted by Crippen LogP contribution is 2.29. The molecule has 148 valence electrons. The zero-order valence-electron chi connectivity index (χ0n) is 15.8. The molecular formula is C22H21N3O4. The number of hydrogen-bond donors (Lipinski definition) is 2. The summed E-state index contributed by atoms with van der Waals surface area (Å²) >= 11 is 0. The largest absolute Gasteiger partial charge is 0.352 e. The van der Waals surface area contributed by atoms with Crippen molar-refractivity contribution in [3.8, 4) is 0 Å². The predicted molar refractivity (Wildman–Crippen MR) is 104 cm³/mol. The fourth-order valence-electron chi connectivity index (χ4n) is 3.85. The van der Waals surface area contributed by atoms with Gasteiger partial charge in [-0.3, -0.25) is 24.5 Å². The molecule has 2 N–H and O–H groups in total. The quantitative estimate of drug-likeness (QED) is 0.751. The van der Waals surface area contributed by atoms with Crippen LogP contribution in [0.5, 0.6) is 0 Å². The lowest BCUT2D eigenvalue weighted by Gasteiger charge is -2.29. The molecule has 0 saturated carbocycles. The molecule has 1 atom stereocenters. The van der Waals surface area contributed by atoms with Gasteiger partial charge in [0.15, 0.2) is 0 Å². The molecule has 1 unspecified atom stereocenters. The monoisotopic (exact) mass is 391 g/mol. The number of rotatable bonds is 5. The number of amides is 4. The Hall–Kier alpha value is -3.48. The van der Waals surface area contributed by atoms with Gasteiger partial charge in [0, 0.05) is 25.1 Å². The molecular weight excluding hydrogens is 370 g/mol. The lowest BCUT2D eigenvalue weighted by Crippen LogP contribution is -2.52. The second-order valence-electron chi connectivity index (χ2n) is 7.28. The van der Waals surface area contributed by atoms with Crippen LogP contribution < -0.4 is 10.6 Å². The number of carbonyl (C=O) groups is 4. The van der Waals surface area contributed by atoms with E-state index in [1.165, 1.54) is 4.90 Å². The predicted octanol–water partition coefficient (Wildman–Crippen LogP) is 1.31. The van der Waals surface area contributed by atoms with Gasteiger partial charge in [-0.1, -0.05) is 42.5 Å². The number of hydrogen-bond acceptors (Lipinski definition) is 4. The van der Waals surface area contributed by atoms with Crippen LogP contribution in [-0.4, -0.2) is 34.6 Å². The third-order valence-corrected chi connectivity index (χ3v) is 5.36. The van der Waals surface area contributed by atoms with Crippen molar-refractivity contribution in [2.24, 2.45) is 0 Å². The first-order valence-electron chi connectivity index (χ1n) is 9.59. The van der Waals surface area contributed by atoms with Gasteiger partial charge < -0.3 is 10.2 Å². The number of nitrogens with zero attached hydrogens (tertiary/aromatic N) is 1. The lowest BCUT2D eigenvalue weighted by molar-refractivity contribution is -0.137. The van der Waals surface area contributed by atoms with E-state index in [2.05, 4.69) is 10.6 Å². The molecule has 2 heterocycles. The van der Waals surface area contributed by atoms with Crippen molar-refractivity contribution in [3.63, 3.8) is 0 Å². The molecule has 0 aromatic heterocycles. The maximum atomic E-state index is 12.8. The zero-order chi connectivity index (χ0) is 20.4. The Labute approximate surface area is 168 Å². The average Bonchev–Trinajstić information content (AvgIpc) is 3.04. The highest BCUT2D eigenvalue weighted by Gasteiger charge is 2.39. The minimum atomic E-state index is -0.645. The van der Waals surface area contributed by atoms with Crippen LogP contribution in [0.2, 0.25) is 0 Å². The Kier molecular flexibility index (Phi) is 5.12. The maximum Gasteiger partial charge on any atom is 0.255 e. The van der Waals surface area contributed by atoms with Gasteiger partial charge in [-0.25, -0.2) is 0 Å². The molecule has 7 nitrogen and oxygen atoms in total. The van der Waals surface area contributed by atoms with Crippen LogP contribution in [0.15, 0.2) is 48.5 Å². The van der Waals surface area contributed by atoms with Crippen LogP contribution >= 0.6 is 0 Å². The molecule has 29 heavy (non-hydrogen) atoms. The van der Waals surface area contributed by atoms with Gasteiger partial charge in [0.1, 0.15) is 6.04 Å². The molecule has 0 bridgehead atoms. The van der Waals surface area contributed by atoms with Crippen molar-refractivity contribution < 1.29 is 19.2 Å². The Morgan fingerprint density at radius 2 is 1.86 bits per heavy atom. The van der Waals surface area contributed by atoms with Gasteiger partial charge >= 0.3 is 0 Å². The van der Waals surface area contributed by atoms with Crippen molar-refractivity contribution >= 4 is 23.6 Å². The molecule has 2 aromatic carbocycles. The molecule has 2 aliphatic rings. The van der Waals surface area contributed by atoms with Crippen LogP contribution in [0, 0.1) is 0 Å². The van der Waals surface area contributed by atoms with Gasteiger partial charge in [-0.15, -0.1) is 0 Å². The number of fused-ring (bicyclic) bond motifs is 1. The van der Waals surface area contributed by atoms with Gasteiger partial charge in [0.2, 0.25) is 17.7 Å². The summed E-state index contributed by atoms with van der Waals surface area (Å²) in [5, 5.41) is 5.21. The highest BCUT2D eigenvalue weighted by atomic mass is 16.2. The van der Waals surface area contributed by atoms with Crippen LogP contribution in [-0.2, 0) is 33.9 Å². The zero-order valence-corrected chi connectivity index (χ0v) is 15.8. The third-order valence-electron chi connectivity index (χ3n) is 5.36. The molecule has 4 rings (SSSR count). The molecule has 1 saturated heterocycles. The average molecular weight is 391 g/mol. The van der Waals surface area contributed by atoms with Gasteiger partial charge in [0.25, 0.3) is 5.91 Å². The minimum Gasteiger partial charge on any atom is -0.352 e. The van der Waals surface area contributed by atoms with E-state index in [1.807, 2.05) is 36.4 Å². The molecule has 1 fully saturated rings. The normalized spacial score (nSPS) is 18.4. The van der Waals surface area contributed by atoms with E-state index in [-0.39, 0.29) is 30.6 Å². The minimum absolute atomic E-state index is 0.0971. The van der Waals surface area contributed by atoms with E-state index in [0.717, 1.165) is 16.7 Å². The number of piperidine rings is 1. The number of imide groups is 1. The molecule has 2 aromatic rings. The summed E-state index contributed by atoms with van der Waals surface area (Å²) in [6, 6.07) is 14.2. The van der Waals surface area contributed by atoms with Crippen molar-refractivity contribution in [2.45, 2.75) is 38.4 Å². The van der Waals surface area contributed by atoms with Gasteiger partial charge in [-0.2, -0.15) is 0 Å². The van der Waals surface area contributed by atoms with E-state index >= 15 is 0 Å². The molecule has 0 spiro atoms. The number of benzene rings is 2. The van der Waals surface area contributed by atoms with Crippen LogP contribution in [0.1, 0.15) is 39.9 Å². The SMILES string of the molecule is O=C(Cc1ccccc1)NCc1cccc2c1CN(C1CCC(=O)NC1=O)C2=O. The first kappa shape index (κ1) is 18.9. The Morgan fingerprint density at radius 1 is 1.07 bits per heavy atom. The second kappa shape index (κ2) is 7.87. The summed E-state index contributed by atoms with van der Waals surface area (Å²) in [6.07, 6.45) is 0.837. The van der Waals surface area contributed by atoms with E-state index in [0.29, 0.717) is 25.1 Å². The number of nitrogens with one attached hydrogen (secondary N) is 2. The standard InChI is InChI=1S/C22H21N3O4/c26-19-10-9-18(21(28)24-19)25-13-17-15(7-4-8-16(17)22(25)29)12-23-20(27)11-14-5-2-1-3-6-14/h1-8,18H,9-13H2,(H,23,27)(H,24,26,28). The van der Waals surface area contributed by atoms with Gasteiger partial charge in [-0.05, 0) is 29.2 Å². The molecule has 7 heteroatoms. The Bertz CT molecular complexity index is 987. The summed E-state index contributed by atoms with van der Waals surface area (Å²) in [7, 11) is 0. The van der Waals surface area contributed by atoms with E-state index in [9.17, 15) is 19.2 Å². The first-order valence-corrected chi connectivity index (χ1v) is 9.59. The summed E-state index contributed by atoms with van der Waals surface area (Å²) in [6.45, 7) is 0.608. The Balaban J connectivity index is 1.45. The summed E-state index contributed by atoms with van der Waals surface area (Å²) in [5.74, 6) is -1.05. The smallest absolute Gasteiger partial charge is 0.255 e.